The lowest BCUT2D eigenvalue weighted by Gasteiger charge is -2.16. The molecule has 0 aliphatic heterocycles. The standard InChI is InChI=1S/C15H26N4O2/c1-6-7-21-13-8-11(4)17-15(19-13)18-12(5)14(20)16-9-10(2)3/h8,10,12H,6-7,9H2,1-5H3,(H,16,20)(H,17,18,19). The van der Waals surface area contributed by atoms with E-state index in [1.807, 2.05) is 13.8 Å². The van der Waals surface area contributed by atoms with Crippen LogP contribution in [-0.4, -0.2) is 35.1 Å². The van der Waals surface area contributed by atoms with Gasteiger partial charge in [-0.25, -0.2) is 4.98 Å². The maximum absolute atomic E-state index is 11.9. The second-order valence-electron chi connectivity index (χ2n) is 5.52. The van der Waals surface area contributed by atoms with Gasteiger partial charge in [-0.05, 0) is 26.2 Å². The van der Waals surface area contributed by atoms with Gasteiger partial charge >= 0.3 is 0 Å². The Hall–Kier alpha value is -1.85. The topological polar surface area (TPSA) is 76.1 Å². The van der Waals surface area contributed by atoms with Crippen LogP contribution in [-0.2, 0) is 4.79 Å². The first-order valence-electron chi connectivity index (χ1n) is 7.45. The quantitative estimate of drug-likeness (QED) is 0.768. The van der Waals surface area contributed by atoms with Gasteiger partial charge in [-0.1, -0.05) is 20.8 Å². The summed E-state index contributed by atoms with van der Waals surface area (Å²) in [7, 11) is 0. The number of carbonyl (C=O) groups excluding carboxylic acids is 1. The Morgan fingerprint density at radius 3 is 2.67 bits per heavy atom. The molecule has 1 heterocycles. The number of carbonyl (C=O) groups is 1. The summed E-state index contributed by atoms with van der Waals surface area (Å²) in [5.74, 6) is 1.30. The van der Waals surface area contributed by atoms with Crippen molar-refractivity contribution in [1.82, 2.24) is 15.3 Å². The van der Waals surface area contributed by atoms with Gasteiger partial charge in [-0.3, -0.25) is 4.79 Å². The summed E-state index contributed by atoms with van der Waals surface area (Å²) in [5, 5.41) is 5.89. The van der Waals surface area contributed by atoms with E-state index < -0.39 is 6.04 Å². The first-order valence-corrected chi connectivity index (χ1v) is 7.45. The molecule has 0 aromatic carbocycles. The molecule has 118 valence electrons. The molecule has 0 spiro atoms. The molecule has 2 N–H and O–H groups in total. The Morgan fingerprint density at radius 2 is 2.05 bits per heavy atom. The maximum atomic E-state index is 11.9. The van der Waals surface area contributed by atoms with Crippen molar-refractivity contribution in [1.29, 1.82) is 0 Å². The molecule has 1 atom stereocenters. The van der Waals surface area contributed by atoms with E-state index >= 15 is 0 Å². The van der Waals surface area contributed by atoms with Crippen molar-refractivity contribution >= 4 is 11.9 Å². The number of anilines is 1. The van der Waals surface area contributed by atoms with E-state index in [-0.39, 0.29) is 5.91 Å². The molecule has 0 aliphatic carbocycles. The molecule has 1 rings (SSSR count). The van der Waals surface area contributed by atoms with Crippen LogP contribution < -0.4 is 15.4 Å². The normalized spacial score (nSPS) is 12.1. The van der Waals surface area contributed by atoms with Crippen LogP contribution in [0.25, 0.3) is 0 Å². The van der Waals surface area contributed by atoms with Gasteiger partial charge in [0.2, 0.25) is 17.7 Å². The largest absolute Gasteiger partial charge is 0.478 e. The highest BCUT2D eigenvalue weighted by Crippen LogP contribution is 2.13. The fourth-order valence-electron chi connectivity index (χ4n) is 1.60. The number of aromatic nitrogens is 2. The molecule has 21 heavy (non-hydrogen) atoms. The minimum atomic E-state index is -0.399. The molecular weight excluding hydrogens is 268 g/mol. The maximum Gasteiger partial charge on any atom is 0.242 e. The third-order valence-electron chi connectivity index (χ3n) is 2.71. The van der Waals surface area contributed by atoms with Crippen LogP contribution in [0.3, 0.4) is 0 Å². The zero-order chi connectivity index (χ0) is 15.8. The van der Waals surface area contributed by atoms with E-state index in [9.17, 15) is 4.79 Å². The minimum absolute atomic E-state index is 0.0650. The third kappa shape index (κ3) is 6.42. The lowest BCUT2D eigenvalue weighted by atomic mass is 10.2. The zero-order valence-corrected chi connectivity index (χ0v) is 13.6. The highest BCUT2D eigenvalue weighted by Gasteiger charge is 2.14. The number of rotatable bonds is 8. The molecule has 1 unspecified atom stereocenters. The third-order valence-corrected chi connectivity index (χ3v) is 2.71. The number of hydrogen-bond acceptors (Lipinski definition) is 5. The summed E-state index contributed by atoms with van der Waals surface area (Å²) in [6.45, 7) is 11.1. The predicted molar refractivity (Wildman–Crippen MR) is 83.5 cm³/mol. The van der Waals surface area contributed by atoms with Crippen molar-refractivity contribution in [3.8, 4) is 5.88 Å². The summed E-state index contributed by atoms with van der Waals surface area (Å²) >= 11 is 0. The number of aryl methyl sites for hydroxylation is 1. The van der Waals surface area contributed by atoms with Crippen LogP contribution in [0.15, 0.2) is 6.07 Å². The number of nitrogens with zero attached hydrogens (tertiary/aromatic N) is 2. The number of hydrogen-bond donors (Lipinski definition) is 2. The fraction of sp³-hybridized carbons (Fsp3) is 0.667. The van der Waals surface area contributed by atoms with Crippen LogP contribution in [0.4, 0.5) is 5.95 Å². The van der Waals surface area contributed by atoms with Gasteiger partial charge in [-0.2, -0.15) is 4.98 Å². The van der Waals surface area contributed by atoms with Crippen LogP contribution >= 0.6 is 0 Å². The predicted octanol–water partition coefficient (Wildman–Crippen LogP) is 2.15. The molecular formula is C15H26N4O2. The van der Waals surface area contributed by atoms with E-state index in [2.05, 4.69) is 34.4 Å². The monoisotopic (exact) mass is 294 g/mol. The average molecular weight is 294 g/mol. The van der Waals surface area contributed by atoms with Crippen LogP contribution in [0, 0.1) is 12.8 Å². The lowest BCUT2D eigenvalue weighted by Crippen LogP contribution is -2.39. The Bertz CT molecular complexity index is 463. The second-order valence-corrected chi connectivity index (χ2v) is 5.52. The van der Waals surface area contributed by atoms with Crippen LogP contribution in [0.5, 0.6) is 5.88 Å². The summed E-state index contributed by atoms with van der Waals surface area (Å²) in [6, 6.07) is 1.38. The highest BCUT2D eigenvalue weighted by molar-refractivity contribution is 5.83. The van der Waals surface area contributed by atoms with Gasteiger partial charge in [0.05, 0.1) is 6.61 Å². The van der Waals surface area contributed by atoms with Crippen molar-refractivity contribution in [3.05, 3.63) is 11.8 Å². The molecule has 0 bridgehead atoms. The Labute approximate surface area is 126 Å². The molecule has 0 saturated carbocycles. The molecule has 6 nitrogen and oxygen atoms in total. The Morgan fingerprint density at radius 1 is 1.33 bits per heavy atom. The number of amides is 1. The Balaban J connectivity index is 2.64. The number of nitrogens with one attached hydrogen (secondary N) is 2. The first kappa shape index (κ1) is 17.2. The molecule has 0 aliphatic rings. The van der Waals surface area contributed by atoms with E-state index in [1.54, 1.807) is 13.0 Å². The molecule has 0 saturated heterocycles. The SMILES string of the molecule is CCCOc1cc(C)nc(NC(C)C(=O)NCC(C)C)n1. The molecule has 1 aromatic rings. The van der Waals surface area contributed by atoms with Gasteiger partial charge in [0, 0.05) is 18.3 Å². The molecule has 1 aromatic heterocycles. The lowest BCUT2D eigenvalue weighted by molar-refractivity contribution is -0.121. The first-order chi connectivity index (χ1) is 9.92. The van der Waals surface area contributed by atoms with E-state index in [0.717, 1.165) is 12.1 Å². The van der Waals surface area contributed by atoms with Crippen molar-refractivity contribution in [3.63, 3.8) is 0 Å². The van der Waals surface area contributed by atoms with Gasteiger partial charge < -0.3 is 15.4 Å². The summed E-state index contributed by atoms with van der Waals surface area (Å²) in [4.78, 5) is 20.5. The van der Waals surface area contributed by atoms with Gasteiger partial charge in [-0.15, -0.1) is 0 Å². The summed E-state index contributed by atoms with van der Waals surface area (Å²) in [5.41, 5.74) is 0.799. The van der Waals surface area contributed by atoms with Crippen LogP contribution in [0.2, 0.25) is 0 Å². The Kier molecular flexibility index (Phi) is 6.91. The second kappa shape index (κ2) is 8.44. The number of ether oxygens (including phenoxy) is 1. The summed E-state index contributed by atoms with van der Waals surface area (Å²) < 4.78 is 5.51. The van der Waals surface area contributed by atoms with E-state index in [1.165, 1.54) is 0 Å². The van der Waals surface area contributed by atoms with Crippen molar-refractivity contribution in [2.75, 3.05) is 18.5 Å². The van der Waals surface area contributed by atoms with Gasteiger partial charge in [0.25, 0.3) is 0 Å². The van der Waals surface area contributed by atoms with Crippen molar-refractivity contribution in [2.24, 2.45) is 5.92 Å². The van der Waals surface area contributed by atoms with Crippen molar-refractivity contribution < 1.29 is 9.53 Å². The molecule has 1 amide bonds. The summed E-state index contributed by atoms with van der Waals surface area (Å²) in [6.07, 6.45) is 0.916. The minimum Gasteiger partial charge on any atom is -0.478 e. The van der Waals surface area contributed by atoms with Gasteiger partial charge in [0.1, 0.15) is 6.04 Å². The average Bonchev–Trinajstić information content (AvgIpc) is 2.41. The molecule has 6 heteroatoms. The zero-order valence-electron chi connectivity index (χ0n) is 13.6. The fourth-order valence-corrected chi connectivity index (χ4v) is 1.60. The highest BCUT2D eigenvalue weighted by atomic mass is 16.5. The van der Waals surface area contributed by atoms with Crippen molar-refractivity contribution in [2.45, 2.75) is 47.1 Å². The van der Waals surface area contributed by atoms with E-state index in [4.69, 9.17) is 4.74 Å². The smallest absolute Gasteiger partial charge is 0.242 e. The molecule has 0 fully saturated rings. The molecule has 0 radical (unpaired) electrons. The van der Waals surface area contributed by atoms with Crippen LogP contribution in [0.1, 0.15) is 39.8 Å². The van der Waals surface area contributed by atoms with Gasteiger partial charge in [0.15, 0.2) is 0 Å². The van der Waals surface area contributed by atoms with E-state index in [0.29, 0.717) is 30.9 Å².